The second-order valence-corrected chi connectivity index (χ2v) is 15.1. The van der Waals surface area contributed by atoms with Crippen molar-refractivity contribution in [3.05, 3.63) is 58.9 Å². The van der Waals surface area contributed by atoms with Gasteiger partial charge in [-0.3, -0.25) is 50.7 Å². The largest absolute Gasteiger partial charge is 0.465 e. The van der Waals surface area contributed by atoms with Crippen molar-refractivity contribution in [3.63, 3.8) is 0 Å². The molecule has 3 aliphatic heterocycles. The molecular weight excluding hydrogens is 895 g/mol. The molecule has 3 aliphatic rings. The van der Waals surface area contributed by atoms with Crippen LogP contribution in [0.4, 0.5) is 21.2 Å². The standard InChI is InChI=1S/C37H48Cl2N18O8/c38-25-29(42)49-27(40)23(48-25)33(60)46-19-47-55-14-8-21(9-15-55)31(58)44-12-4-5-13-45-32(59)22-10-16-56(17-11-22)53-35(52-36(62)63)51-34(61)24-28(41)50-30(43)26(39)57(24)54-37(64)65-18-20-6-2-1-3-7-20/h1-7,19,21-22,24,26H,8-18H2,(H,44,58)(H,45,59)(H,54,64)(H,62,63)(H4,40,42,49)(H3,41,43,50)(H,46,47,60)(H2,51,52,53,61). The summed E-state index contributed by atoms with van der Waals surface area (Å²) in [4.78, 5) is 87.2. The van der Waals surface area contributed by atoms with E-state index < -0.39 is 53.2 Å². The normalized spacial score (nSPS) is 18.8. The fourth-order valence-corrected chi connectivity index (χ4v) is 6.84. The minimum atomic E-state index is -1.61. The summed E-state index contributed by atoms with van der Waals surface area (Å²) >= 11 is 12.1. The van der Waals surface area contributed by atoms with E-state index in [9.17, 15) is 33.9 Å². The molecule has 2 atom stereocenters. The number of benzene rings is 1. The van der Waals surface area contributed by atoms with Crippen molar-refractivity contribution >= 4 is 94.6 Å². The predicted octanol–water partition coefficient (Wildman–Crippen LogP) is -0.740. The smallest absolute Gasteiger partial charge is 0.422 e. The number of hydrazine groups is 1. The molecule has 14 N–H and O–H groups in total. The highest BCUT2D eigenvalue weighted by atomic mass is 35.5. The second kappa shape index (κ2) is 23.4. The fraction of sp³-hybridized carbons (Fsp3) is 0.405. The molecule has 0 saturated carbocycles. The molecule has 0 bridgehead atoms. The minimum absolute atomic E-state index is 0.0955. The third-order valence-corrected chi connectivity index (χ3v) is 10.5. The first-order chi connectivity index (χ1) is 31.1. The number of alkyl halides is 1. The summed E-state index contributed by atoms with van der Waals surface area (Å²) in [6.07, 6.45) is 3.86. The van der Waals surface area contributed by atoms with Gasteiger partial charge in [0.15, 0.2) is 39.9 Å². The number of hydrogen-bond donors (Lipinski definition) is 11. The quantitative estimate of drug-likeness (QED) is 0.0365. The molecule has 1 aromatic carbocycles. The minimum Gasteiger partial charge on any atom is -0.465 e. The molecule has 28 heteroatoms. The van der Waals surface area contributed by atoms with Crippen molar-refractivity contribution in [3.8, 4) is 0 Å². The van der Waals surface area contributed by atoms with E-state index in [1.165, 1.54) is 11.3 Å². The molecule has 0 aliphatic carbocycles. The molecule has 65 heavy (non-hydrogen) atoms. The summed E-state index contributed by atoms with van der Waals surface area (Å²) in [5.41, 5.74) is 18.6. The highest BCUT2D eigenvalue weighted by Crippen LogP contribution is 2.20. The molecular formula is C37H48Cl2N18O8. The van der Waals surface area contributed by atoms with E-state index in [0.717, 1.165) is 5.01 Å². The van der Waals surface area contributed by atoms with Gasteiger partial charge in [0.2, 0.25) is 17.8 Å². The maximum Gasteiger partial charge on any atom is 0.422 e. The third kappa shape index (κ3) is 14.3. The number of carbonyl (C=O) groups excluding carboxylic acids is 5. The molecule has 4 heterocycles. The van der Waals surface area contributed by atoms with Gasteiger partial charge in [-0.15, -0.1) is 5.10 Å². The lowest BCUT2D eigenvalue weighted by molar-refractivity contribution is -0.127. The van der Waals surface area contributed by atoms with Gasteiger partial charge in [0, 0.05) is 51.1 Å². The Kier molecular flexibility index (Phi) is 17.5. The van der Waals surface area contributed by atoms with Gasteiger partial charge in [0.1, 0.15) is 18.8 Å². The summed E-state index contributed by atoms with van der Waals surface area (Å²) in [5.74, 6) is -4.27. The SMILES string of the molecule is N=C1N=C(N)C(C(=O)NC(=NN2CCC(C(=O)NCC=CCNC(=O)C3CCN(N=CNC(=O)c4nc(Cl)c(N)nc4N)CC3)CC2)NC(=O)O)N(NC(=O)OCc2ccccc2)C1Cl. The number of nitrogen functional groups attached to an aromatic ring is 2. The maximum absolute atomic E-state index is 13.5. The number of carboxylic acid groups (broad SMARTS) is 1. The zero-order chi connectivity index (χ0) is 47.0. The number of aliphatic imine (C=N–C) groups is 1. The number of ether oxygens (including phenoxy) is 1. The van der Waals surface area contributed by atoms with E-state index in [4.69, 9.17) is 50.5 Å². The van der Waals surface area contributed by atoms with Crippen LogP contribution >= 0.6 is 23.2 Å². The molecule has 6 amide bonds. The van der Waals surface area contributed by atoms with Crippen LogP contribution in [0.25, 0.3) is 0 Å². The van der Waals surface area contributed by atoms with Crippen molar-refractivity contribution < 1.29 is 38.6 Å². The Hall–Kier alpha value is -7.32. The second-order valence-electron chi connectivity index (χ2n) is 14.4. The number of nitrogens with two attached hydrogens (primary N) is 3. The molecule has 2 unspecified atom stereocenters. The van der Waals surface area contributed by atoms with Gasteiger partial charge in [-0.05, 0) is 31.2 Å². The lowest BCUT2D eigenvalue weighted by atomic mass is 9.97. The van der Waals surface area contributed by atoms with Crippen molar-refractivity contribution in [2.45, 2.75) is 43.8 Å². The predicted molar refractivity (Wildman–Crippen MR) is 237 cm³/mol. The lowest BCUT2D eigenvalue weighted by Gasteiger charge is -2.35. The Labute approximate surface area is 380 Å². The summed E-state index contributed by atoms with van der Waals surface area (Å²) in [5, 5.41) is 42.3. The summed E-state index contributed by atoms with van der Waals surface area (Å²) in [6.45, 7) is 1.77. The van der Waals surface area contributed by atoms with Crippen LogP contribution < -0.4 is 49.2 Å². The Morgan fingerprint density at radius 1 is 0.862 bits per heavy atom. The number of aromatic nitrogens is 2. The van der Waals surface area contributed by atoms with E-state index in [1.807, 2.05) is 5.32 Å². The van der Waals surface area contributed by atoms with E-state index in [2.05, 4.69) is 51.9 Å². The molecule has 2 saturated heterocycles. The molecule has 2 fully saturated rings. The first kappa shape index (κ1) is 48.7. The average molecular weight is 944 g/mol. The molecule has 5 rings (SSSR count). The van der Waals surface area contributed by atoms with Gasteiger partial charge in [0.25, 0.3) is 11.8 Å². The Balaban J connectivity index is 1.01. The highest BCUT2D eigenvalue weighted by molar-refractivity contribution is 6.34. The fourth-order valence-electron chi connectivity index (χ4n) is 6.50. The Morgan fingerprint density at radius 2 is 1.46 bits per heavy atom. The van der Waals surface area contributed by atoms with E-state index >= 15 is 0 Å². The summed E-state index contributed by atoms with van der Waals surface area (Å²) < 4.78 is 5.21. The van der Waals surface area contributed by atoms with E-state index in [0.29, 0.717) is 44.3 Å². The molecule has 1 aromatic heterocycles. The lowest BCUT2D eigenvalue weighted by Crippen LogP contribution is -2.66. The monoisotopic (exact) mass is 942 g/mol. The molecule has 26 nitrogen and oxygen atoms in total. The molecule has 2 aromatic rings. The van der Waals surface area contributed by atoms with Crippen molar-refractivity contribution in [1.82, 2.24) is 57.0 Å². The van der Waals surface area contributed by atoms with Gasteiger partial charge in [0.05, 0.1) is 0 Å². The number of amidine groups is 2. The number of hydrogen-bond acceptors (Lipinski definition) is 18. The topological polar surface area (TPSA) is 379 Å². The molecule has 0 radical (unpaired) electrons. The zero-order valence-corrected chi connectivity index (χ0v) is 36.1. The number of piperidine rings is 2. The van der Waals surface area contributed by atoms with E-state index in [-0.39, 0.29) is 78.9 Å². The number of hydrazone groups is 2. The number of amides is 6. The van der Waals surface area contributed by atoms with Crippen LogP contribution in [0.1, 0.15) is 41.7 Å². The first-order valence-electron chi connectivity index (χ1n) is 19.9. The van der Waals surface area contributed by atoms with Crippen LogP contribution in [0, 0.1) is 17.2 Å². The van der Waals surface area contributed by atoms with Crippen molar-refractivity contribution in [2.75, 3.05) is 50.7 Å². The number of anilines is 2. The highest BCUT2D eigenvalue weighted by Gasteiger charge is 2.42. The first-order valence-corrected chi connectivity index (χ1v) is 20.7. The zero-order valence-electron chi connectivity index (χ0n) is 34.6. The maximum atomic E-state index is 13.5. The van der Waals surface area contributed by atoms with Gasteiger partial charge in [-0.2, -0.15) is 10.1 Å². The van der Waals surface area contributed by atoms with Gasteiger partial charge in [-0.25, -0.2) is 24.5 Å². The van der Waals surface area contributed by atoms with Crippen molar-refractivity contribution in [2.24, 2.45) is 32.8 Å². The van der Waals surface area contributed by atoms with Crippen LogP contribution in [0.15, 0.2) is 57.7 Å². The number of carbonyl (C=O) groups is 6. The molecule has 0 spiro atoms. The van der Waals surface area contributed by atoms with Crippen LogP contribution in [-0.4, -0.2) is 141 Å². The van der Waals surface area contributed by atoms with Crippen LogP contribution in [0.3, 0.4) is 0 Å². The Morgan fingerprint density at radius 3 is 2.06 bits per heavy atom. The van der Waals surface area contributed by atoms with Crippen molar-refractivity contribution in [1.29, 1.82) is 5.41 Å². The number of nitrogens with one attached hydrogen (secondary N) is 7. The Bertz CT molecular complexity index is 2210. The van der Waals surface area contributed by atoms with Gasteiger partial charge in [-0.1, -0.05) is 65.7 Å². The molecule has 348 valence electrons. The van der Waals surface area contributed by atoms with Gasteiger partial charge < -0.3 is 43.0 Å². The van der Waals surface area contributed by atoms with E-state index in [1.54, 1.807) is 47.5 Å². The number of halogens is 2. The number of rotatable bonds is 14. The van der Waals surface area contributed by atoms with Crippen LogP contribution in [0.5, 0.6) is 0 Å². The van der Waals surface area contributed by atoms with Crippen LogP contribution in [0.2, 0.25) is 5.15 Å². The average Bonchev–Trinajstić information content (AvgIpc) is 3.27. The number of guanidine groups is 1. The van der Waals surface area contributed by atoms with Gasteiger partial charge >= 0.3 is 12.2 Å². The third-order valence-electron chi connectivity index (χ3n) is 9.84. The summed E-state index contributed by atoms with van der Waals surface area (Å²) in [7, 11) is 0. The van der Waals surface area contributed by atoms with Crippen LogP contribution in [-0.2, 0) is 25.7 Å². The summed E-state index contributed by atoms with van der Waals surface area (Å²) in [6, 6.07) is 7.14. The number of nitrogens with zero attached hydrogens (tertiary/aromatic N) is 8.